The highest BCUT2D eigenvalue weighted by Crippen LogP contribution is 2.14. The van der Waals surface area contributed by atoms with Gasteiger partial charge in [-0.15, -0.1) is 12.4 Å². The van der Waals surface area contributed by atoms with Crippen LogP contribution in [0.25, 0.3) is 0 Å². The number of nitrogens with one attached hydrogen (secondary N) is 2. The summed E-state index contributed by atoms with van der Waals surface area (Å²) in [7, 11) is 0. The van der Waals surface area contributed by atoms with Gasteiger partial charge in [0.25, 0.3) is 5.91 Å². The molecule has 24 heavy (non-hydrogen) atoms. The van der Waals surface area contributed by atoms with Crippen molar-refractivity contribution in [1.82, 2.24) is 5.32 Å². The van der Waals surface area contributed by atoms with E-state index in [4.69, 9.17) is 9.15 Å². The maximum Gasteiger partial charge on any atom is 0.338 e. The van der Waals surface area contributed by atoms with Crippen LogP contribution in [0.3, 0.4) is 0 Å². The van der Waals surface area contributed by atoms with Crippen molar-refractivity contribution in [2.45, 2.75) is 18.9 Å². The van der Waals surface area contributed by atoms with Crippen molar-refractivity contribution in [3.8, 4) is 0 Å². The molecular weight excluding hydrogens is 332 g/mol. The minimum absolute atomic E-state index is 0. The molecule has 0 radical (unpaired) electrons. The quantitative estimate of drug-likeness (QED) is 0.810. The Kier molecular flexibility index (Phi) is 6.40. The van der Waals surface area contributed by atoms with E-state index in [1.807, 2.05) is 0 Å². The highest BCUT2D eigenvalue weighted by Gasteiger charge is 2.17. The van der Waals surface area contributed by atoms with Gasteiger partial charge in [0.05, 0.1) is 17.4 Å². The summed E-state index contributed by atoms with van der Waals surface area (Å²) in [6.45, 7) is 1.34. The highest BCUT2D eigenvalue weighted by atomic mass is 35.5. The molecule has 128 valence electrons. The second-order valence-corrected chi connectivity index (χ2v) is 5.44. The molecular formula is C17H19ClN2O4. The molecule has 1 aromatic carbocycles. The van der Waals surface area contributed by atoms with Crippen LogP contribution < -0.4 is 10.6 Å². The molecule has 6 nitrogen and oxygen atoms in total. The van der Waals surface area contributed by atoms with Gasteiger partial charge in [0.1, 0.15) is 12.9 Å². The minimum Gasteiger partial charge on any atom is -0.472 e. The van der Waals surface area contributed by atoms with Gasteiger partial charge >= 0.3 is 5.97 Å². The average Bonchev–Trinajstić information content (AvgIpc) is 3.26. The van der Waals surface area contributed by atoms with E-state index in [0.29, 0.717) is 23.4 Å². The molecule has 3 rings (SSSR count). The van der Waals surface area contributed by atoms with Gasteiger partial charge in [0, 0.05) is 11.7 Å². The Balaban J connectivity index is 0.00000208. The van der Waals surface area contributed by atoms with Crippen molar-refractivity contribution in [3.63, 3.8) is 0 Å². The second kappa shape index (κ2) is 8.52. The maximum absolute atomic E-state index is 12.1. The number of carbonyl (C=O) groups excluding carboxylic acids is 2. The molecule has 1 amide bonds. The summed E-state index contributed by atoms with van der Waals surface area (Å²) in [6.07, 6.45) is 4.92. The Bertz CT molecular complexity index is 682. The average molecular weight is 351 g/mol. The Morgan fingerprint density at radius 1 is 1.29 bits per heavy atom. The molecule has 2 heterocycles. The molecule has 1 aliphatic heterocycles. The predicted molar refractivity (Wildman–Crippen MR) is 91.7 cm³/mol. The first-order valence-electron chi connectivity index (χ1n) is 7.56. The van der Waals surface area contributed by atoms with Crippen LogP contribution in [0.4, 0.5) is 5.69 Å². The van der Waals surface area contributed by atoms with Crippen LogP contribution in [0.1, 0.15) is 33.6 Å². The van der Waals surface area contributed by atoms with Crippen molar-refractivity contribution >= 4 is 30.0 Å². The zero-order valence-electron chi connectivity index (χ0n) is 13.0. The number of hydrogen-bond donors (Lipinski definition) is 2. The van der Waals surface area contributed by atoms with Crippen LogP contribution in [-0.4, -0.2) is 31.1 Å². The molecule has 0 bridgehead atoms. The number of hydrogen-bond acceptors (Lipinski definition) is 5. The largest absolute Gasteiger partial charge is 0.472 e. The third-order valence-electron chi connectivity index (χ3n) is 3.72. The second-order valence-electron chi connectivity index (χ2n) is 5.44. The predicted octanol–water partition coefficient (Wildman–Crippen LogP) is 2.86. The highest BCUT2D eigenvalue weighted by molar-refractivity contribution is 6.04. The summed E-state index contributed by atoms with van der Waals surface area (Å²) in [5.74, 6) is -0.683. The third kappa shape index (κ3) is 4.59. The van der Waals surface area contributed by atoms with Gasteiger partial charge < -0.3 is 19.8 Å². The lowest BCUT2D eigenvalue weighted by atomic mass is 10.2. The van der Waals surface area contributed by atoms with E-state index in [1.54, 1.807) is 30.3 Å². The number of halogens is 1. The number of anilines is 1. The number of benzene rings is 1. The third-order valence-corrected chi connectivity index (χ3v) is 3.72. The molecule has 2 N–H and O–H groups in total. The fourth-order valence-electron chi connectivity index (χ4n) is 2.48. The van der Waals surface area contributed by atoms with Crippen molar-refractivity contribution < 1.29 is 18.7 Å². The van der Waals surface area contributed by atoms with Crippen LogP contribution in [0.15, 0.2) is 47.3 Å². The zero-order valence-corrected chi connectivity index (χ0v) is 13.8. The topological polar surface area (TPSA) is 80.6 Å². The number of amides is 1. The van der Waals surface area contributed by atoms with Gasteiger partial charge in [-0.05, 0) is 43.7 Å². The van der Waals surface area contributed by atoms with Gasteiger partial charge in [-0.2, -0.15) is 0 Å². The van der Waals surface area contributed by atoms with E-state index in [0.717, 1.165) is 19.4 Å². The van der Waals surface area contributed by atoms with Gasteiger partial charge in [0.2, 0.25) is 0 Å². The normalized spacial score (nSPS) is 16.2. The van der Waals surface area contributed by atoms with Crippen LogP contribution >= 0.6 is 12.4 Å². The molecule has 0 spiro atoms. The first-order valence-corrected chi connectivity index (χ1v) is 7.56. The summed E-state index contributed by atoms with van der Waals surface area (Å²) in [5.41, 5.74) is 1.36. The molecule has 0 aliphatic carbocycles. The van der Waals surface area contributed by atoms with Gasteiger partial charge in [0.15, 0.2) is 0 Å². The lowest BCUT2D eigenvalue weighted by molar-refractivity contribution is 0.0473. The molecule has 1 atom stereocenters. The van der Waals surface area contributed by atoms with E-state index in [-0.39, 0.29) is 24.4 Å². The summed E-state index contributed by atoms with van der Waals surface area (Å²) in [5, 5.41) is 5.99. The molecule has 7 heteroatoms. The van der Waals surface area contributed by atoms with E-state index in [1.165, 1.54) is 12.5 Å². The smallest absolute Gasteiger partial charge is 0.338 e. The molecule has 1 fully saturated rings. The fraction of sp³-hybridized carbons (Fsp3) is 0.294. The van der Waals surface area contributed by atoms with Crippen LogP contribution in [-0.2, 0) is 4.74 Å². The standard InChI is InChI=1S/C17H18N2O4.ClH/c20-16(13-6-8-22-10-13)19-14-4-1-3-12(9-14)17(21)23-11-15-5-2-7-18-15;/h1,3-4,6,8-10,15,18H,2,5,7,11H2,(H,19,20);1H. The first-order chi connectivity index (χ1) is 11.2. The minimum atomic E-state index is -0.391. The number of esters is 1. The SMILES string of the molecule is Cl.O=C(Nc1cccc(C(=O)OCC2CCCN2)c1)c1ccoc1. The molecule has 1 aromatic heterocycles. The summed E-state index contributed by atoms with van der Waals surface area (Å²) >= 11 is 0. The zero-order chi connectivity index (χ0) is 16.1. The van der Waals surface area contributed by atoms with Gasteiger partial charge in [-0.25, -0.2) is 4.79 Å². The molecule has 1 aliphatic rings. The lowest BCUT2D eigenvalue weighted by Gasteiger charge is -2.11. The van der Waals surface area contributed by atoms with E-state index in [9.17, 15) is 9.59 Å². The van der Waals surface area contributed by atoms with E-state index >= 15 is 0 Å². The lowest BCUT2D eigenvalue weighted by Crippen LogP contribution is -2.28. The molecule has 1 unspecified atom stereocenters. The van der Waals surface area contributed by atoms with Gasteiger partial charge in [-0.1, -0.05) is 6.07 Å². The Morgan fingerprint density at radius 3 is 2.88 bits per heavy atom. The number of furan rings is 1. The maximum atomic E-state index is 12.1. The summed E-state index contributed by atoms with van der Waals surface area (Å²) in [6, 6.07) is 8.49. The summed E-state index contributed by atoms with van der Waals surface area (Å²) < 4.78 is 10.2. The van der Waals surface area contributed by atoms with Crippen LogP contribution in [0.2, 0.25) is 0 Å². The Hall–Kier alpha value is -2.31. The van der Waals surface area contributed by atoms with E-state index in [2.05, 4.69) is 10.6 Å². The summed E-state index contributed by atoms with van der Waals surface area (Å²) in [4.78, 5) is 24.1. The molecule has 2 aromatic rings. The van der Waals surface area contributed by atoms with Crippen molar-refractivity contribution in [2.24, 2.45) is 0 Å². The van der Waals surface area contributed by atoms with Gasteiger partial charge in [-0.3, -0.25) is 4.79 Å². The monoisotopic (exact) mass is 350 g/mol. The molecule has 0 saturated carbocycles. The number of ether oxygens (including phenoxy) is 1. The van der Waals surface area contributed by atoms with Crippen molar-refractivity contribution in [2.75, 3.05) is 18.5 Å². The Labute approximate surface area is 146 Å². The Morgan fingerprint density at radius 2 is 2.17 bits per heavy atom. The van der Waals surface area contributed by atoms with Crippen molar-refractivity contribution in [1.29, 1.82) is 0 Å². The van der Waals surface area contributed by atoms with E-state index < -0.39 is 5.97 Å². The number of rotatable bonds is 5. The number of carbonyl (C=O) groups is 2. The van der Waals surface area contributed by atoms with Crippen LogP contribution in [0, 0.1) is 0 Å². The van der Waals surface area contributed by atoms with Crippen LogP contribution in [0.5, 0.6) is 0 Å². The fourth-order valence-corrected chi connectivity index (χ4v) is 2.48. The molecule has 1 saturated heterocycles. The first kappa shape index (κ1) is 18.0. The van der Waals surface area contributed by atoms with Crippen molar-refractivity contribution in [3.05, 3.63) is 54.0 Å².